The van der Waals surface area contributed by atoms with Crippen LogP contribution in [-0.4, -0.2) is 61.5 Å². The van der Waals surface area contributed by atoms with Gasteiger partial charge in [-0.2, -0.15) is 30.0 Å². The summed E-state index contributed by atoms with van der Waals surface area (Å²) < 4.78 is 141. The van der Waals surface area contributed by atoms with Gasteiger partial charge in [0.2, 0.25) is 11.4 Å². The van der Waals surface area contributed by atoms with Crippen LogP contribution in [0.2, 0.25) is 0 Å². The highest BCUT2D eigenvalue weighted by Gasteiger charge is 2.54. The van der Waals surface area contributed by atoms with E-state index in [0.717, 1.165) is 6.07 Å². The Hall–Kier alpha value is -4.15. The van der Waals surface area contributed by atoms with Crippen LogP contribution in [0.1, 0.15) is 32.3 Å². The van der Waals surface area contributed by atoms with Crippen LogP contribution in [0.5, 0.6) is 0 Å². The predicted molar refractivity (Wildman–Crippen MR) is 133 cm³/mol. The molecule has 0 spiro atoms. The molecule has 240 valence electrons. The molecule has 0 saturated heterocycles. The van der Waals surface area contributed by atoms with Crippen molar-refractivity contribution in [3.8, 4) is 0 Å². The van der Waals surface area contributed by atoms with Gasteiger partial charge < -0.3 is 0 Å². The Bertz CT molecular complexity index is 1610. The van der Waals surface area contributed by atoms with E-state index in [9.17, 15) is 67.8 Å². The molecule has 0 aliphatic carbocycles. The minimum atomic E-state index is -6.38. The molecule has 0 aliphatic heterocycles. The molecule has 0 fully saturated rings. The lowest BCUT2D eigenvalue weighted by Gasteiger charge is -2.13. The summed E-state index contributed by atoms with van der Waals surface area (Å²) >= 11 is 0. The zero-order valence-electron chi connectivity index (χ0n) is 21.5. The molecule has 0 radical (unpaired) electrons. The summed E-state index contributed by atoms with van der Waals surface area (Å²) in [5.74, 6) is -0.385. The molecular weight excluding hydrogens is 653 g/mol. The summed E-state index contributed by atoms with van der Waals surface area (Å²) in [6, 6.07) is -0.369. The first-order valence-electron chi connectivity index (χ1n) is 11.1. The molecular formula is C20H19F7N4O10S2. The highest BCUT2D eigenvalue weighted by Crippen LogP contribution is 2.30. The van der Waals surface area contributed by atoms with Crippen LogP contribution in [0.25, 0.3) is 10.8 Å². The maximum atomic E-state index is 13.9. The van der Waals surface area contributed by atoms with Gasteiger partial charge >= 0.3 is 37.8 Å². The van der Waals surface area contributed by atoms with Crippen LogP contribution >= 0.6 is 0 Å². The number of nitro groups is 2. The number of unbranched alkanes of at least 4 members (excludes halogenated alkanes) is 1. The predicted octanol–water partition coefficient (Wildman–Crippen LogP) is 4.66. The molecule has 0 aliphatic rings. The van der Waals surface area contributed by atoms with Crippen molar-refractivity contribution in [1.82, 2.24) is 0 Å². The third kappa shape index (κ3) is 9.69. The molecule has 0 atom stereocenters. The SMILES string of the molecule is CCCCS(=O)(=O)ON=C(C)C(F)(F)[N+](=O)[O-].O=[N+]([O-])C(F)(F)C(=NOS(=O)(=O)C(F)(F)F)c1cccc2ccccc12. The lowest BCUT2D eigenvalue weighted by Crippen LogP contribution is -2.38. The minimum Gasteiger partial charge on any atom is -0.268 e. The zero-order chi connectivity index (χ0) is 33.4. The lowest BCUT2D eigenvalue weighted by molar-refractivity contribution is -0.617. The fourth-order valence-corrected chi connectivity index (χ4v) is 3.77. The van der Waals surface area contributed by atoms with E-state index in [1.807, 2.05) is 0 Å². The van der Waals surface area contributed by atoms with Crippen molar-refractivity contribution in [1.29, 1.82) is 0 Å². The van der Waals surface area contributed by atoms with Crippen LogP contribution in [-0.2, 0) is 28.8 Å². The first-order chi connectivity index (χ1) is 19.5. The highest BCUT2D eigenvalue weighted by atomic mass is 32.2. The number of rotatable bonds is 12. The van der Waals surface area contributed by atoms with Gasteiger partial charge in [-0.3, -0.25) is 28.8 Å². The quantitative estimate of drug-likeness (QED) is 0.0763. The molecule has 0 amide bonds. The van der Waals surface area contributed by atoms with E-state index in [1.165, 1.54) is 36.4 Å². The van der Waals surface area contributed by atoms with E-state index in [0.29, 0.717) is 18.7 Å². The topological polar surface area (TPSA) is 198 Å². The molecule has 23 heteroatoms. The Morgan fingerprint density at radius 1 is 0.837 bits per heavy atom. The number of hydrogen-bond donors (Lipinski definition) is 0. The number of hydrogen-bond acceptors (Lipinski definition) is 12. The van der Waals surface area contributed by atoms with Crippen molar-refractivity contribution >= 4 is 42.4 Å². The molecule has 2 aromatic rings. The number of nitrogens with zero attached hydrogens (tertiary/aromatic N) is 4. The van der Waals surface area contributed by atoms with Crippen molar-refractivity contribution in [2.75, 3.05) is 5.75 Å². The first kappa shape index (κ1) is 36.9. The second-order valence-electron chi connectivity index (χ2n) is 7.90. The van der Waals surface area contributed by atoms with E-state index in [4.69, 9.17) is 0 Å². The fourth-order valence-electron chi connectivity index (χ4n) is 2.57. The average molecular weight is 673 g/mol. The molecule has 43 heavy (non-hydrogen) atoms. The van der Waals surface area contributed by atoms with Gasteiger partial charge in [0.25, 0.3) is 0 Å². The molecule has 0 N–H and O–H groups in total. The summed E-state index contributed by atoms with van der Waals surface area (Å²) in [5, 5.41) is 25.7. The Labute approximate surface area is 237 Å². The molecule has 0 bridgehead atoms. The third-order valence-corrected chi connectivity index (χ3v) is 6.70. The smallest absolute Gasteiger partial charge is 0.268 e. The highest BCUT2D eigenvalue weighted by molar-refractivity contribution is 7.87. The Morgan fingerprint density at radius 3 is 1.88 bits per heavy atom. The lowest BCUT2D eigenvalue weighted by atomic mass is 10.00. The van der Waals surface area contributed by atoms with Gasteiger partial charge in [-0.25, -0.2) is 0 Å². The van der Waals surface area contributed by atoms with E-state index in [1.54, 1.807) is 6.92 Å². The second-order valence-corrected chi connectivity index (χ2v) is 11.1. The summed E-state index contributed by atoms with van der Waals surface area (Å²) in [5.41, 5.74) is -9.85. The number of alkyl halides is 7. The third-order valence-electron chi connectivity index (χ3n) is 4.77. The van der Waals surface area contributed by atoms with Crippen molar-refractivity contribution in [2.24, 2.45) is 10.3 Å². The van der Waals surface area contributed by atoms with Crippen molar-refractivity contribution in [3.63, 3.8) is 0 Å². The van der Waals surface area contributed by atoms with E-state index in [-0.39, 0.29) is 17.6 Å². The Kier molecular flexibility index (Phi) is 11.9. The Morgan fingerprint density at radius 2 is 1.37 bits per heavy atom. The molecule has 0 heterocycles. The van der Waals surface area contributed by atoms with Gasteiger partial charge in [-0.05, 0) is 24.1 Å². The monoisotopic (exact) mass is 672 g/mol. The van der Waals surface area contributed by atoms with Gasteiger partial charge in [-0.15, -0.1) is 17.6 Å². The van der Waals surface area contributed by atoms with Gasteiger partial charge in [0.05, 0.1) is 5.75 Å². The van der Waals surface area contributed by atoms with E-state index in [2.05, 4.69) is 18.9 Å². The van der Waals surface area contributed by atoms with Crippen LogP contribution in [0.4, 0.5) is 30.7 Å². The van der Waals surface area contributed by atoms with E-state index >= 15 is 0 Å². The summed E-state index contributed by atoms with van der Waals surface area (Å²) in [6.07, 6.45) is 0.846. The number of oxime groups is 2. The largest absolute Gasteiger partial charge is 0.560 e. The molecule has 0 aromatic heterocycles. The molecule has 2 rings (SSSR count). The van der Waals surface area contributed by atoms with Crippen molar-refractivity contribution in [3.05, 3.63) is 68.3 Å². The standard InChI is InChI=1S/C13H7F5N2O5S.C7H12F2N2O5S/c14-12(15,20(21)22)11(19-25-26(23,24)13(16,17)18)10-7-3-5-8-4-1-2-6-9(8)10;1-3-4-5-17(14,15)16-10-6(2)7(8,9)11(12)13/h1-7H;3-5H2,1-2H3. The molecule has 14 nitrogen and oxygen atoms in total. The van der Waals surface area contributed by atoms with Gasteiger partial charge in [0.15, 0.2) is 0 Å². The number of halogens is 7. The molecule has 0 unspecified atom stereocenters. The number of benzene rings is 2. The number of fused-ring (bicyclic) bond motifs is 1. The summed E-state index contributed by atoms with van der Waals surface area (Å²) in [4.78, 5) is 16.6. The van der Waals surface area contributed by atoms with Crippen molar-refractivity contribution < 1.29 is 66.0 Å². The second kappa shape index (κ2) is 13.9. The first-order valence-corrected chi connectivity index (χ1v) is 14.1. The average Bonchev–Trinajstić information content (AvgIpc) is 2.90. The van der Waals surface area contributed by atoms with Crippen LogP contribution in [0, 0.1) is 20.2 Å². The Balaban J connectivity index is 0.000000474. The maximum Gasteiger partial charge on any atom is 0.560 e. The van der Waals surface area contributed by atoms with Crippen LogP contribution in [0.3, 0.4) is 0 Å². The maximum absolute atomic E-state index is 13.9. The van der Waals surface area contributed by atoms with E-state index < -0.39 is 64.7 Å². The summed E-state index contributed by atoms with van der Waals surface area (Å²) in [7, 11) is -10.5. The van der Waals surface area contributed by atoms with Crippen molar-refractivity contribution in [2.45, 2.75) is 44.3 Å². The van der Waals surface area contributed by atoms with Crippen LogP contribution < -0.4 is 0 Å². The molecule has 2 aromatic carbocycles. The minimum absolute atomic E-state index is 0.0386. The normalized spacial score (nSPS) is 13.6. The fraction of sp³-hybridized carbons (Fsp3) is 0.400. The van der Waals surface area contributed by atoms with Gasteiger partial charge in [0.1, 0.15) is 9.85 Å². The molecule has 0 saturated carbocycles. The van der Waals surface area contributed by atoms with Gasteiger partial charge in [0, 0.05) is 5.56 Å². The van der Waals surface area contributed by atoms with Gasteiger partial charge in [-0.1, -0.05) is 66.1 Å². The van der Waals surface area contributed by atoms with Crippen LogP contribution in [0.15, 0.2) is 52.8 Å². The zero-order valence-corrected chi connectivity index (χ0v) is 23.1. The summed E-state index contributed by atoms with van der Waals surface area (Å²) in [6.45, 7) is 2.34.